The quantitative estimate of drug-likeness (QED) is 0.871. The van der Waals surface area contributed by atoms with Crippen LogP contribution in [-0.2, 0) is 21.3 Å². The molecule has 0 aliphatic carbocycles. The number of nitrogens with two attached hydrogens (primary N) is 1. The van der Waals surface area contributed by atoms with Crippen LogP contribution in [0.25, 0.3) is 0 Å². The Morgan fingerprint density at radius 2 is 2.12 bits per heavy atom. The molecule has 1 aliphatic rings. The van der Waals surface area contributed by atoms with E-state index in [2.05, 4.69) is 15.9 Å². The van der Waals surface area contributed by atoms with Gasteiger partial charge in [0.25, 0.3) is 0 Å². The summed E-state index contributed by atoms with van der Waals surface area (Å²) in [7, 11) is -0.850. The van der Waals surface area contributed by atoms with E-state index in [1.54, 1.807) is 0 Å². The predicted octanol–water partition coefficient (Wildman–Crippen LogP) is 2.46. The second kappa shape index (κ2) is 5.98. The lowest BCUT2D eigenvalue weighted by Gasteiger charge is -2.21. The van der Waals surface area contributed by atoms with E-state index in [1.807, 2.05) is 18.2 Å². The fourth-order valence-electron chi connectivity index (χ4n) is 1.91. The van der Waals surface area contributed by atoms with Gasteiger partial charge in [-0.25, -0.2) is 0 Å². The number of hydrogen-bond donors (Lipinski definition) is 1. The fraction of sp³-hybridized carbons (Fsp3) is 0.500. The Kier molecular flexibility index (Phi) is 4.59. The van der Waals surface area contributed by atoms with Gasteiger partial charge in [-0.15, -0.1) is 0 Å². The largest absolute Gasteiger partial charge is 0.398 e. The number of nitrogen functional groups attached to an aromatic ring is 1. The van der Waals surface area contributed by atoms with E-state index in [-0.39, 0.29) is 5.25 Å². The molecule has 0 aromatic heterocycles. The number of halogens is 1. The molecule has 1 unspecified atom stereocenters. The van der Waals surface area contributed by atoms with Crippen LogP contribution in [0.15, 0.2) is 22.7 Å². The Bertz CT molecular complexity index is 419. The number of anilines is 1. The van der Waals surface area contributed by atoms with Crippen LogP contribution in [-0.4, -0.2) is 22.7 Å². The van der Waals surface area contributed by atoms with Gasteiger partial charge in [0.05, 0.1) is 5.75 Å². The monoisotopic (exact) mass is 317 g/mol. The van der Waals surface area contributed by atoms with E-state index in [1.165, 1.54) is 0 Å². The zero-order valence-electron chi connectivity index (χ0n) is 9.52. The molecule has 3 nitrogen and oxygen atoms in total. The van der Waals surface area contributed by atoms with Gasteiger partial charge in [0, 0.05) is 39.4 Å². The van der Waals surface area contributed by atoms with Crippen LogP contribution in [0.3, 0.4) is 0 Å². The first-order valence-electron chi connectivity index (χ1n) is 5.65. The first kappa shape index (κ1) is 13.1. The first-order valence-corrected chi connectivity index (χ1v) is 7.83. The molecule has 0 amide bonds. The third-order valence-corrected chi connectivity index (χ3v) is 5.25. The van der Waals surface area contributed by atoms with Crippen LogP contribution >= 0.6 is 15.9 Å². The van der Waals surface area contributed by atoms with Crippen molar-refractivity contribution in [1.29, 1.82) is 0 Å². The van der Waals surface area contributed by atoms with Crippen molar-refractivity contribution in [2.24, 2.45) is 0 Å². The molecule has 17 heavy (non-hydrogen) atoms. The molecule has 0 spiro atoms. The summed E-state index contributed by atoms with van der Waals surface area (Å²) in [5.74, 6) is 0.545. The van der Waals surface area contributed by atoms with Gasteiger partial charge >= 0.3 is 0 Å². The molecular formula is C12H16BrNO2S. The lowest BCUT2D eigenvalue weighted by molar-refractivity contribution is 0.0992. The van der Waals surface area contributed by atoms with E-state index in [4.69, 9.17) is 10.5 Å². The molecule has 1 heterocycles. The molecule has 94 valence electrons. The summed E-state index contributed by atoms with van der Waals surface area (Å²) in [6.45, 7) is 1.46. The lowest BCUT2D eigenvalue weighted by Crippen LogP contribution is -2.25. The maximum Gasteiger partial charge on any atom is 0.0508 e. The minimum Gasteiger partial charge on any atom is -0.398 e. The summed E-state index contributed by atoms with van der Waals surface area (Å²) in [4.78, 5) is 0. The smallest absolute Gasteiger partial charge is 0.0508 e. The third kappa shape index (κ3) is 3.53. The normalized spacial score (nSPS) is 19.1. The van der Waals surface area contributed by atoms with Crippen LogP contribution in [0, 0.1) is 0 Å². The highest BCUT2D eigenvalue weighted by Crippen LogP contribution is 2.22. The highest BCUT2D eigenvalue weighted by molar-refractivity contribution is 9.10. The van der Waals surface area contributed by atoms with Crippen LogP contribution < -0.4 is 5.73 Å². The Hall–Kier alpha value is -0.390. The van der Waals surface area contributed by atoms with Gasteiger partial charge < -0.3 is 10.5 Å². The molecular weight excluding hydrogens is 302 g/mol. The van der Waals surface area contributed by atoms with Crippen molar-refractivity contribution in [2.45, 2.75) is 23.8 Å². The van der Waals surface area contributed by atoms with E-state index < -0.39 is 10.8 Å². The fourth-order valence-corrected chi connectivity index (χ4v) is 3.81. The van der Waals surface area contributed by atoms with Crippen molar-refractivity contribution < 1.29 is 8.95 Å². The van der Waals surface area contributed by atoms with Crippen molar-refractivity contribution in [3.8, 4) is 0 Å². The van der Waals surface area contributed by atoms with E-state index in [9.17, 15) is 4.21 Å². The van der Waals surface area contributed by atoms with Gasteiger partial charge in [-0.05, 0) is 30.5 Å². The Morgan fingerprint density at radius 1 is 1.41 bits per heavy atom. The molecule has 1 aliphatic heterocycles. The molecule has 0 bridgehead atoms. The van der Waals surface area contributed by atoms with E-state index >= 15 is 0 Å². The lowest BCUT2D eigenvalue weighted by atomic mass is 10.2. The number of rotatable bonds is 3. The summed E-state index contributed by atoms with van der Waals surface area (Å²) >= 11 is 3.37. The second-order valence-corrected chi connectivity index (χ2v) is 6.81. The maximum absolute atomic E-state index is 12.2. The highest BCUT2D eigenvalue weighted by atomic mass is 79.9. The standard InChI is InChI=1S/C12H16BrNO2S/c13-10-2-1-9(12(14)7-10)8-17(15)11-3-5-16-6-4-11/h1-2,7,11H,3-6,8,14H2. The van der Waals surface area contributed by atoms with Crippen LogP contribution in [0.1, 0.15) is 18.4 Å². The topological polar surface area (TPSA) is 52.3 Å². The Balaban J connectivity index is 2.02. The zero-order valence-corrected chi connectivity index (χ0v) is 11.9. The molecule has 0 saturated carbocycles. The van der Waals surface area contributed by atoms with Gasteiger partial charge in [0.1, 0.15) is 0 Å². The van der Waals surface area contributed by atoms with Gasteiger partial charge in [-0.3, -0.25) is 4.21 Å². The first-order chi connectivity index (χ1) is 8.16. The molecule has 5 heteroatoms. The zero-order chi connectivity index (χ0) is 12.3. The van der Waals surface area contributed by atoms with Crippen molar-refractivity contribution in [1.82, 2.24) is 0 Å². The van der Waals surface area contributed by atoms with Gasteiger partial charge in [0.15, 0.2) is 0 Å². The van der Waals surface area contributed by atoms with Crippen molar-refractivity contribution in [3.63, 3.8) is 0 Å². The van der Waals surface area contributed by atoms with Crippen molar-refractivity contribution >= 4 is 32.4 Å². The molecule has 2 rings (SSSR count). The minimum absolute atomic E-state index is 0.256. The summed E-state index contributed by atoms with van der Waals surface area (Å²) < 4.78 is 18.4. The maximum atomic E-state index is 12.2. The summed E-state index contributed by atoms with van der Waals surface area (Å²) in [5, 5.41) is 0.256. The summed E-state index contributed by atoms with van der Waals surface area (Å²) in [6.07, 6.45) is 1.78. The van der Waals surface area contributed by atoms with Crippen molar-refractivity contribution in [2.75, 3.05) is 18.9 Å². The van der Waals surface area contributed by atoms with Crippen LogP contribution in [0.5, 0.6) is 0 Å². The molecule has 1 saturated heterocycles. The van der Waals surface area contributed by atoms with E-state index in [0.29, 0.717) is 11.4 Å². The minimum atomic E-state index is -0.850. The van der Waals surface area contributed by atoms with Gasteiger partial charge in [-0.1, -0.05) is 22.0 Å². The van der Waals surface area contributed by atoms with Crippen LogP contribution in [0.2, 0.25) is 0 Å². The highest BCUT2D eigenvalue weighted by Gasteiger charge is 2.20. The molecule has 1 aromatic rings. The van der Waals surface area contributed by atoms with Gasteiger partial charge in [-0.2, -0.15) is 0 Å². The Morgan fingerprint density at radius 3 is 2.76 bits per heavy atom. The molecule has 1 fully saturated rings. The average molecular weight is 318 g/mol. The molecule has 1 aromatic carbocycles. The van der Waals surface area contributed by atoms with Gasteiger partial charge in [0.2, 0.25) is 0 Å². The SMILES string of the molecule is Nc1cc(Br)ccc1CS(=O)C1CCOCC1. The number of ether oxygens (including phenoxy) is 1. The average Bonchev–Trinajstić information content (AvgIpc) is 2.34. The van der Waals surface area contributed by atoms with Crippen LogP contribution in [0.4, 0.5) is 5.69 Å². The molecule has 2 N–H and O–H groups in total. The number of benzene rings is 1. The molecule has 0 radical (unpaired) electrons. The summed E-state index contributed by atoms with van der Waals surface area (Å²) in [5.41, 5.74) is 7.59. The van der Waals surface area contributed by atoms with E-state index in [0.717, 1.165) is 36.1 Å². The second-order valence-electron chi connectivity index (χ2n) is 4.18. The number of hydrogen-bond acceptors (Lipinski definition) is 3. The summed E-state index contributed by atoms with van der Waals surface area (Å²) in [6, 6.07) is 5.74. The van der Waals surface area contributed by atoms with Crippen molar-refractivity contribution in [3.05, 3.63) is 28.2 Å². The molecule has 1 atom stereocenters. The Labute approximate surface area is 112 Å². The predicted molar refractivity (Wildman–Crippen MR) is 74.2 cm³/mol. The third-order valence-electron chi connectivity index (χ3n) is 2.95.